The third-order valence-electron chi connectivity index (χ3n) is 3.81. The molecule has 6 nitrogen and oxygen atoms in total. The monoisotopic (exact) mass is 396 g/mol. The van der Waals surface area contributed by atoms with E-state index in [0.717, 1.165) is 5.69 Å². The summed E-state index contributed by atoms with van der Waals surface area (Å²) in [6.07, 6.45) is 0. The van der Waals surface area contributed by atoms with Gasteiger partial charge in [0.2, 0.25) is 5.91 Å². The minimum absolute atomic E-state index is 0.0308. The Labute approximate surface area is 167 Å². The van der Waals surface area contributed by atoms with Gasteiger partial charge in [0, 0.05) is 12.3 Å². The van der Waals surface area contributed by atoms with Crippen molar-refractivity contribution in [3.63, 3.8) is 0 Å². The Bertz CT molecular complexity index is 939. The van der Waals surface area contributed by atoms with E-state index in [2.05, 4.69) is 4.98 Å². The van der Waals surface area contributed by atoms with Crippen LogP contribution in [0.25, 0.3) is 0 Å². The van der Waals surface area contributed by atoms with Gasteiger partial charge in [-0.1, -0.05) is 18.2 Å². The van der Waals surface area contributed by atoms with E-state index >= 15 is 0 Å². The molecule has 3 rings (SSSR count). The molecule has 0 fully saturated rings. The lowest BCUT2D eigenvalue weighted by Crippen LogP contribution is -2.22. The average Bonchev–Trinajstić information content (AvgIpc) is 3.16. The molecule has 0 aliphatic carbocycles. The number of ether oxygens (including phenoxy) is 2. The number of aromatic nitrogens is 1. The van der Waals surface area contributed by atoms with Crippen molar-refractivity contribution in [1.29, 1.82) is 0 Å². The highest BCUT2D eigenvalue weighted by Gasteiger charge is 2.18. The van der Waals surface area contributed by atoms with Crippen molar-refractivity contribution in [2.24, 2.45) is 0 Å². The van der Waals surface area contributed by atoms with Gasteiger partial charge in [0.05, 0.1) is 23.6 Å². The van der Waals surface area contributed by atoms with Gasteiger partial charge in [0.15, 0.2) is 5.13 Å². The lowest BCUT2D eigenvalue weighted by Gasteiger charge is -2.17. The number of nitrogens with zero attached hydrogens (tertiary/aromatic N) is 2. The number of hydrogen-bond acceptors (Lipinski definition) is 6. The second-order valence-corrected chi connectivity index (χ2v) is 6.68. The standard InChI is InChI=1S/C21H20N2O4S/c1-3-26-19-11-9-16(10-12-19)20(25)27-13-17-14-28-21(22-17)23(15(2)24)18-7-5-4-6-8-18/h4-12,14H,3,13H2,1-2H3. The number of thiazole rings is 1. The van der Waals surface area contributed by atoms with Crippen LogP contribution < -0.4 is 9.64 Å². The molecule has 7 heteroatoms. The van der Waals surface area contributed by atoms with Gasteiger partial charge < -0.3 is 9.47 Å². The summed E-state index contributed by atoms with van der Waals surface area (Å²) in [4.78, 5) is 30.3. The number of anilines is 2. The Morgan fingerprint density at radius 2 is 1.79 bits per heavy atom. The molecule has 28 heavy (non-hydrogen) atoms. The van der Waals surface area contributed by atoms with Crippen LogP contribution >= 0.6 is 11.3 Å². The normalized spacial score (nSPS) is 10.4. The number of rotatable bonds is 7. The molecule has 0 radical (unpaired) electrons. The number of esters is 1. The van der Waals surface area contributed by atoms with Crippen LogP contribution in [0.2, 0.25) is 0 Å². The van der Waals surface area contributed by atoms with Gasteiger partial charge in [-0.05, 0) is 43.3 Å². The van der Waals surface area contributed by atoms with Crippen LogP contribution in [0, 0.1) is 0 Å². The first-order chi connectivity index (χ1) is 13.6. The molecule has 0 spiro atoms. The van der Waals surface area contributed by atoms with Crippen molar-refractivity contribution >= 4 is 34.0 Å². The molecule has 0 aliphatic rings. The van der Waals surface area contributed by atoms with Crippen LogP contribution in [0.5, 0.6) is 5.75 Å². The molecule has 0 saturated carbocycles. The highest BCUT2D eigenvalue weighted by molar-refractivity contribution is 7.14. The average molecular weight is 396 g/mol. The zero-order valence-corrected chi connectivity index (χ0v) is 16.4. The second-order valence-electron chi connectivity index (χ2n) is 5.84. The van der Waals surface area contributed by atoms with Gasteiger partial charge in [-0.15, -0.1) is 11.3 Å². The number of para-hydroxylation sites is 1. The van der Waals surface area contributed by atoms with Gasteiger partial charge >= 0.3 is 5.97 Å². The van der Waals surface area contributed by atoms with Crippen molar-refractivity contribution in [2.75, 3.05) is 11.5 Å². The molecule has 1 heterocycles. The number of hydrogen-bond donors (Lipinski definition) is 0. The molecule has 3 aromatic rings. The second kappa shape index (κ2) is 9.14. The third-order valence-corrected chi connectivity index (χ3v) is 4.69. The molecule has 1 amide bonds. The fourth-order valence-corrected chi connectivity index (χ4v) is 3.42. The maximum Gasteiger partial charge on any atom is 0.338 e. The zero-order valence-electron chi connectivity index (χ0n) is 15.6. The Hall–Kier alpha value is -3.19. The van der Waals surface area contributed by atoms with E-state index in [4.69, 9.17) is 9.47 Å². The largest absolute Gasteiger partial charge is 0.494 e. The van der Waals surface area contributed by atoms with Crippen LogP contribution in [-0.2, 0) is 16.1 Å². The van der Waals surface area contributed by atoms with Gasteiger partial charge in [0.25, 0.3) is 0 Å². The number of amides is 1. The quantitative estimate of drug-likeness (QED) is 0.547. The molecule has 2 aromatic carbocycles. The first-order valence-corrected chi connectivity index (χ1v) is 9.66. The fourth-order valence-electron chi connectivity index (χ4n) is 2.55. The first kappa shape index (κ1) is 19.6. The van der Waals surface area contributed by atoms with E-state index in [9.17, 15) is 9.59 Å². The van der Waals surface area contributed by atoms with Crippen LogP contribution in [-0.4, -0.2) is 23.5 Å². The van der Waals surface area contributed by atoms with Crippen LogP contribution in [0.1, 0.15) is 29.9 Å². The van der Waals surface area contributed by atoms with E-state index < -0.39 is 5.97 Å². The highest BCUT2D eigenvalue weighted by atomic mass is 32.1. The summed E-state index contributed by atoms with van der Waals surface area (Å²) >= 11 is 1.32. The molecule has 0 aliphatic heterocycles. The van der Waals surface area contributed by atoms with Crippen LogP contribution in [0.3, 0.4) is 0 Å². The zero-order chi connectivity index (χ0) is 19.9. The predicted molar refractivity (Wildman–Crippen MR) is 108 cm³/mol. The van der Waals surface area contributed by atoms with Gasteiger partial charge in [-0.2, -0.15) is 0 Å². The van der Waals surface area contributed by atoms with Gasteiger partial charge in [-0.3, -0.25) is 9.69 Å². The van der Waals surface area contributed by atoms with Gasteiger partial charge in [0.1, 0.15) is 12.4 Å². The topological polar surface area (TPSA) is 68.7 Å². The molecule has 0 atom stereocenters. The van der Waals surface area contributed by atoms with E-state index in [1.54, 1.807) is 29.6 Å². The number of benzene rings is 2. The van der Waals surface area contributed by atoms with E-state index in [1.165, 1.54) is 23.2 Å². The molecular formula is C21H20N2O4S. The Balaban J connectivity index is 1.65. The Kier molecular flexibility index (Phi) is 6.39. The summed E-state index contributed by atoms with van der Waals surface area (Å²) in [6.45, 7) is 3.98. The molecule has 0 N–H and O–H groups in total. The van der Waals surface area contributed by atoms with E-state index in [0.29, 0.717) is 28.7 Å². The molecule has 0 unspecified atom stereocenters. The molecule has 1 aromatic heterocycles. The van der Waals surface area contributed by atoms with Crippen molar-refractivity contribution in [3.8, 4) is 5.75 Å². The summed E-state index contributed by atoms with van der Waals surface area (Å²) in [5.41, 5.74) is 1.76. The summed E-state index contributed by atoms with van der Waals surface area (Å²) in [6, 6.07) is 16.1. The SMILES string of the molecule is CCOc1ccc(C(=O)OCc2csc(N(C(C)=O)c3ccccc3)n2)cc1. The highest BCUT2D eigenvalue weighted by Crippen LogP contribution is 2.29. The summed E-state index contributed by atoms with van der Waals surface area (Å²) in [5, 5.41) is 2.31. The molecule has 0 bridgehead atoms. The first-order valence-electron chi connectivity index (χ1n) is 8.78. The maximum atomic E-state index is 12.2. The molecular weight excluding hydrogens is 376 g/mol. The van der Waals surface area contributed by atoms with Crippen molar-refractivity contribution in [2.45, 2.75) is 20.5 Å². The van der Waals surface area contributed by atoms with Gasteiger partial charge in [-0.25, -0.2) is 9.78 Å². The van der Waals surface area contributed by atoms with E-state index in [-0.39, 0.29) is 12.5 Å². The minimum atomic E-state index is -0.441. The Morgan fingerprint density at radius 1 is 1.07 bits per heavy atom. The number of carbonyl (C=O) groups is 2. The molecule has 0 saturated heterocycles. The summed E-state index contributed by atoms with van der Waals surface area (Å²) < 4.78 is 10.7. The fraction of sp³-hybridized carbons (Fsp3) is 0.190. The van der Waals surface area contributed by atoms with Crippen molar-refractivity contribution in [1.82, 2.24) is 4.98 Å². The smallest absolute Gasteiger partial charge is 0.338 e. The summed E-state index contributed by atoms with van der Waals surface area (Å²) in [5.74, 6) is 0.121. The van der Waals surface area contributed by atoms with Crippen LogP contribution in [0.15, 0.2) is 60.0 Å². The van der Waals surface area contributed by atoms with E-state index in [1.807, 2.05) is 37.3 Å². The summed E-state index contributed by atoms with van der Waals surface area (Å²) in [7, 11) is 0. The lowest BCUT2D eigenvalue weighted by molar-refractivity contribution is -0.115. The predicted octanol–water partition coefficient (Wildman–Crippen LogP) is 4.58. The Morgan fingerprint density at radius 3 is 2.43 bits per heavy atom. The van der Waals surface area contributed by atoms with Crippen molar-refractivity contribution in [3.05, 3.63) is 71.2 Å². The molecule has 144 valence electrons. The third kappa shape index (κ3) is 4.75. The lowest BCUT2D eigenvalue weighted by atomic mass is 10.2. The maximum absolute atomic E-state index is 12.2. The minimum Gasteiger partial charge on any atom is -0.494 e. The van der Waals surface area contributed by atoms with Crippen LogP contribution in [0.4, 0.5) is 10.8 Å². The van der Waals surface area contributed by atoms with Crippen molar-refractivity contribution < 1.29 is 19.1 Å². The number of carbonyl (C=O) groups excluding carboxylic acids is 2.